The number of rotatable bonds is 9. The Morgan fingerprint density at radius 1 is 1.40 bits per heavy atom. The minimum Gasteiger partial charge on any atom is -0.383 e. The SMILES string of the molecule is COCCN(CCNC(=O)C1(C)CCCS1)C(=O)CN1CSCC1=O. The van der Waals surface area contributed by atoms with E-state index in [9.17, 15) is 14.4 Å². The highest BCUT2D eigenvalue weighted by Gasteiger charge is 2.37. The fourth-order valence-electron chi connectivity index (χ4n) is 2.82. The zero-order valence-corrected chi connectivity index (χ0v) is 16.5. The number of methoxy groups -OCH3 is 1. The molecule has 2 heterocycles. The molecule has 0 aromatic rings. The summed E-state index contributed by atoms with van der Waals surface area (Å²) in [6, 6.07) is 0. The molecule has 3 amide bonds. The number of thioether (sulfide) groups is 2. The lowest BCUT2D eigenvalue weighted by Crippen LogP contribution is -2.47. The molecule has 0 bridgehead atoms. The predicted molar refractivity (Wildman–Crippen MR) is 101 cm³/mol. The van der Waals surface area contributed by atoms with Gasteiger partial charge in [0.1, 0.15) is 6.54 Å². The zero-order valence-electron chi connectivity index (χ0n) is 14.9. The third kappa shape index (κ3) is 5.79. The van der Waals surface area contributed by atoms with Crippen molar-refractivity contribution < 1.29 is 19.1 Å². The molecule has 7 nitrogen and oxygen atoms in total. The normalized spacial score (nSPS) is 23.1. The van der Waals surface area contributed by atoms with Crippen molar-refractivity contribution in [2.24, 2.45) is 0 Å². The molecule has 0 radical (unpaired) electrons. The molecule has 0 aromatic carbocycles. The van der Waals surface area contributed by atoms with Gasteiger partial charge >= 0.3 is 0 Å². The number of nitrogens with zero attached hydrogens (tertiary/aromatic N) is 2. The average molecular weight is 390 g/mol. The fourth-order valence-corrected chi connectivity index (χ4v) is 4.95. The second-order valence-electron chi connectivity index (χ2n) is 6.38. The van der Waals surface area contributed by atoms with Crippen molar-refractivity contribution in [3.05, 3.63) is 0 Å². The van der Waals surface area contributed by atoms with Gasteiger partial charge in [-0.3, -0.25) is 14.4 Å². The lowest BCUT2D eigenvalue weighted by atomic mass is 10.1. The molecule has 2 fully saturated rings. The summed E-state index contributed by atoms with van der Waals surface area (Å²) >= 11 is 3.21. The third-order valence-electron chi connectivity index (χ3n) is 4.44. The summed E-state index contributed by atoms with van der Waals surface area (Å²) in [4.78, 5) is 39.7. The first-order valence-corrected chi connectivity index (χ1v) is 10.6. The Kier molecular flexibility index (Phi) is 7.89. The largest absolute Gasteiger partial charge is 0.383 e. The standard InChI is InChI=1S/C16H27N3O4S2/c1-16(4-3-9-25-16)15(22)17-5-6-18(7-8-23-2)13(20)10-19-12-24-11-14(19)21/h3-12H2,1-2H3,(H,17,22). The Labute approximate surface area is 157 Å². The molecule has 1 N–H and O–H groups in total. The summed E-state index contributed by atoms with van der Waals surface area (Å²) in [5.74, 6) is 1.96. The Bertz CT molecular complexity index is 498. The van der Waals surface area contributed by atoms with Crippen LogP contribution in [0.3, 0.4) is 0 Å². The second kappa shape index (κ2) is 9.68. The topological polar surface area (TPSA) is 79.0 Å². The first-order chi connectivity index (χ1) is 12.0. The number of hydrogen-bond donors (Lipinski definition) is 1. The molecule has 1 unspecified atom stereocenters. The molecule has 25 heavy (non-hydrogen) atoms. The van der Waals surface area contributed by atoms with E-state index in [1.54, 1.807) is 28.7 Å². The van der Waals surface area contributed by atoms with Crippen LogP contribution < -0.4 is 5.32 Å². The first kappa shape index (κ1) is 20.4. The number of amides is 3. The lowest BCUT2D eigenvalue weighted by Gasteiger charge is -2.26. The van der Waals surface area contributed by atoms with Crippen LogP contribution in [0.5, 0.6) is 0 Å². The maximum absolute atomic E-state index is 12.5. The van der Waals surface area contributed by atoms with E-state index in [4.69, 9.17) is 4.74 Å². The quantitative estimate of drug-likeness (QED) is 0.615. The van der Waals surface area contributed by atoms with Crippen molar-refractivity contribution in [2.45, 2.75) is 24.5 Å². The number of hydrogen-bond acceptors (Lipinski definition) is 6. The highest BCUT2D eigenvalue weighted by atomic mass is 32.2. The summed E-state index contributed by atoms with van der Waals surface area (Å²) in [5, 5.41) is 2.95. The van der Waals surface area contributed by atoms with E-state index in [2.05, 4.69) is 5.32 Å². The molecule has 2 aliphatic rings. The van der Waals surface area contributed by atoms with Crippen LogP contribution in [0.2, 0.25) is 0 Å². The smallest absolute Gasteiger partial charge is 0.242 e. The lowest BCUT2D eigenvalue weighted by molar-refractivity contribution is -0.138. The van der Waals surface area contributed by atoms with Gasteiger partial charge in [0.25, 0.3) is 0 Å². The minimum atomic E-state index is -0.347. The van der Waals surface area contributed by atoms with Gasteiger partial charge in [0.05, 0.1) is 23.0 Å². The number of carbonyl (C=O) groups is 3. The van der Waals surface area contributed by atoms with Gasteiger partial charge in [-0.2, -0.15) is 0 Å². The van der Waals surface area contributed by atoms with Gasteiger partial charge in [0, 0.05) is 26.7 Å². The Morgan fingerprint density at radius 2 is 2.20 bits per heavy atom. The zero-order chi connectivity index (χ0) is 18.3. The van der Waals surface area contributed by atoms with Crippen molar-refractivity contribution in [3.63, 3.8) is 0 Å². The van der Waals surface area contributed by atoms with Crippen LogP contribution in [0, 0.1) is 0 Å². The predicted octanol–water partition coefficient (Wildman–Crippen LogP) is 0.396. The van der Waals surface area contributed by atoms with E-state index in [-0.39, 0.29) is 29.0 Å². The molecule has 9 heteroatoms. The van der Waals surface area contributed by atoms with Gasteiger partial charge in [-0.05, 0) is 25.5 Å². The van der Waals surface area contributed by atoms with E-state index in [1.165, 1.54) is 11.8 Å². The van der Waals surface area contributed by atoms with Gasteiger partial charge in [-0.25, -0.2) is 0 Å². The molecule has 0 spiro atoms. The van der Waals surface area contributed by atoms with Crippen molar-refractivity contribution in [1.82, 2.24) is 15.1 Å². The van der Waals surface area contributed by atoms with Crippen LogP contribution in [-0.2, 0) is 19.1 Å². The summed E-state index contributed by atoms with van der Waals surface area (Å²) in [6.45, 7) is 3.78. The molecule has 2 saturated heterocycles. The van der Waals surface area contributed by atoms with Gasteiger partial charge in [-0.1, -0.05) is 0 Å². The minimum absolute atomic E-state index is 0.00419. The van der Waals surface area contributed by atoms with E-state index in [1.807, 2.05) is 6.92 Å². The van der Waals surface area contributed by atoms with Crippen LogP contribution in [0.15, 0.2) is 0 Å². The van der Waals surface area contributed by atoms with Gasteiger partial charge in [-0.15, -0.1) is 23.5 Å². The number of carbonyl (C=O) groups excluding carboxylic acids is 3. The first-order valence-electron chi connectivity index (χ1n) is 8.51. The number of nitrogens with one attached hydrogen (secondary N) is 1. The van der Waals surface area contributed by atoms with Crippen molar-refractivity contribution >= 4 is 41.2 Å². The van der Waals surface area contributed by atoms with E-state index in [0.29, 0.717) is 37.9 Å². The highest BCUT2D eigenvalue weighted by molar-refractivity contribution is 8.01. The van der Waals surface area contributed by atoms with Crippen molar-refractivity contribution in [3.8, 4) is 0 Å². The van der Waals surface area contributed by atoms with Crippen molar-refractivity contribution in [2.75, 3.05) is 57.3 Å². The third-order valence-corrected chi connectivity index (χ3v) is 6.90. The maximum Gasteiger partial charge on any atom is 0.242 e. The summed E-state index contributed by atoms with van der Waals surface area (Å²) in [7, 11) is 1.59. The van der Waals surface area contributed by atoms with Gasteiger partial charge in [0.2, 0.25) is 17.7 Å². The summed E-state index contributed by atoms with van der Waals surface area (Å²) < 4.78 is 4.72. The van der Waals surface area contributed by atoms with Gasteiger partial charge < -0.3 is 19.9 Å². The summed E-state index contributed by atoms with van der Waals surface area (Å²) in [5.41, 5.74) is 0. The molecule has 0 aliphatic carbocycles. The Morgan fingerprint density at radius 3 is 2.80 bits per heavy atom. The maximum atomic E-state index is 12.5. The van der Waals surface area contributed by atoms with E-state index < -0.39 is 0 Å². The van der Waals surface area contributed by atoms with E-state index >= 15 is 0 Å². The van der Waals surface area contributed by atoms with Crippen molar-refractivity contribution in [1.29, 1.82) is 0 Å². The van der Waals surface area contributed by atoms with Gasteiger partial charge in [0.15, 0.2) is 0 Å². The second-order valence-corrected chi connectivity index (χ2v) is 8.93. The van der Waals surface area contributed by atoms with Crippen LogP contribution >= 0.6 is 23.5 Å². The van der Waals surface area contributed by atoms with Crippen LogP contribution in [0.4, 0.5) is 0 Å². The molecule has 2 rings (SSSR count). The van der Waals surface area contributed by atoms with E-state index in [0.717, 1.165) is 18.6 Å². The van der Waals surface area contributed by atoms with Crippen LogP contribution in [-0.4, -0.2) is 89.5 Å². The monoisotopic (exact) mass is 389 g/mol. The van der Waals surface area contributed by atoms with Crippen LogP contribution in [0.1, 0.15) is 19.8 Å². The summed E-state index contributed by atoms with van der Waals surface area (Å²) in [6.07, 6.45) is 1.96. The molecular weight excluding hydrogens is 362 g/mol. The Hall–Kier alpha value is -0.930. The van der Waals surface area contributed by atoms with Crippen LogP contribution in [0.25, 0.3) is 0 Å². The average Bonchev–Trinajstić information content (AvgIpc) is 3.20. The number of ether oxygens (including phenoxy) is 1. The molecule has 142 valence electrons. The molecular formula is C16H27N3O4S2. The fraction of sp³-hybridized carbons (Fsp3) is 0.812. The molecule has 2 aliphatic heterocycles. The Balaban J connectivity index is 1.81. The molecule has 0 saturated carbocycles. The molecule has 0 aromatic heterocycles. The highest BCUT2D eigenvalue weighted by Crippen LogP contribution is 2.37. The molecule has 1 atom stereocenters.